The van der Waals surface area contributed by atoms with Gasteiger partial charge in [-0.3, -0.25) is 4.79 Å². The van der Waals surface area contributed by atoms with Gasteiger partial charge in [-0.05, 0) is 12.5 Å². The lowest BCUT2D eigenvalue weighted by Gasteiger charge is -2.03. The molecule has 0 saturated heterocycles. The lowest BCUT2D eigenvalue weighted by molar-refractivity contribution is -0.134. The van der Waals surface area contributed by atoms with E-state index in [4.69, 9.17) is 4.43 Å². The predicted octanol–water partition coefficient (Wildman–Crippen LogP) is 4.90. The molecule has 0 aliphatic rings. The fraction of sp³-hybridized carbons (Fsp3) is 0.933. The molecule has 0 aromatic rings. The second-order valence-corrected chi connectivity index (χ2v) is 5.94. The summed E-state index contributed by atoms with van der Waals surface area (Å²) in [6, 6.07) is 1.02. The third-order valence-electron chi connectivity index (χ3n) is 3.02. The Morgan fingerprint density at radius 2 is 1.39 bits per heavy atom. The van der Waals surface area contributed by atoms with E-state index >= 15 is 0 Å². The summed E-state index contributed by atoms with van der Waals surface area (Å²) in [6.45, 7) is 4.36. The average Bonchev–Trinajstić information content (AvgIpc) is 2.37. The van der Waals surface area contributed by atoms with E-state index in [1.807, 2.05) is 0 Å². The third kappa shape index (κ3) is 13.8. The third-order valence-corrected chi connectivity index (χ3v) is 4.10. The lowest BCUT2D eigenvalue weighted by atomic mass is 10.1. The molecule has 2 radical (unpaired) electrons. The first-order valence-electron chi connectivity index (χ1n) is 7.73. The minimum Gasteiger partial charge on any atom is -0.516 e. The minimum atomic E-state index is 0.00438. The number of unbranched alkanes of at least 4 members (excludes halogenated alkanes) is 8. The van der Waals surface area contributed by atoms with Gasteiger partial charge in [0.2, 0.25) is 0 Å². The van der Waals surface area contributed by atoms with Crippen LogP contribution in [0.4, 0.5) is 0 Å². The van der Waals surface area contributed by atoms with Gasteiger partial charge >= 0.3 is 9.76 Å². The molecule has 18 heavy (non-hydrogen) atoms. The van der Waals surface area contributed by atoms with E-state index < -0.39 is 0 Å². The van der Waals surface area contributed by atoms with Crippen LogP contribution < -0.4 is 0 Å². The van der Waals surface area contributed by atoms with E-state index in [0.29, 0.717) is 16.2 Å². The molecule has 0 saturated carbocycles. The van der Waals surface area contributed by atoms with E-state index in [1.165, 1.54) is 51.4 Å². The Morgan fingerprint density at radius 3 is 1.94 bits per heavy atom. The van der Waals surface area contributed by atoms with Crippen molar-refractivity contribution < 1.29 is 9.22 Å². The van der Waals surface area contributed by atoms with Crippen LogP contribution in [0.3, 0.4) is 0 Å². The second-order valence-electron chi connectivity index (χ2n) is 4.95. The summed E-state index contributed by atoms with van der Waals surface area (Å²) in [6.07, 6.45) is 13.3. The Morgan fingerprint density at radius 1 is 0.833 bits per heavy atom. The molecule has 106 valence electrons. The zero-order valence-corrected chi connectivity index (χ0v) is 13.3. The van der Waals surface area contributed by atoms with Crippen LogP contribution in [-0.4, -0.2) is 15.7 Å². The van der Waals surface area contributed by atoms with Crippen LogP contribution in [0, 0.1) is 0 Å². The Balaban J connectivity index is 3.08. The standard InChI is InChI=1S/C15H30O2Si/c1-3-5-6-7-8-9-10-11-12-13-15(16)17-18-14-4-2/h3-14H2,1-2H3. The zero-order valence-electron chi connectivity index (χ0n) is 12.3. The van der Waals surface area contributed by atoms with Crippen molar-refractivity contribution >= 4 is 15.7 Å². The monoisotopic (exact) mass is 270 g/mol. The van der Waals surface area contributed by atoms with E-state index in [-0.39, 0.29) is 5.97 Å². The average molecular weight is 270 g/mol. The molecule has 0 rings (SSSR count). The fourth-order valence-electron chi connectivity index (χ4n) is 1.86. The van der Waals surface area contributed by atoms with Gasteiger partial charge < -0.3 is 4.43 Å². The molecule has 0 N–H and O–H groups in total. The number of hydrogen-bond acceptors (Lipinski definition) is 2. The first-order chi connectivity index (χ1) is 8.81. The van der Waals surface area contributed by atoms with Gasteiger partial charge in [0.25, 0.3) is 5.97 Å². The van der Waals surface area contributed by atoms with Crippen LogP contribution in [0.2, 0.25) is 6.04 Å². The summed E-state index contributed by atoms with van der Waals surface area (Å²) in [5.41, 5.74) is 0. The molecule has 0 aromatic carbocycles. The maximum absolute atomic E-state index is 11.3. The first kappa shape index (κ1) is 17.7. The van der Waals surface area contributed by atoms with Crippen molar-refractivity contribution in [1.82, 2.24) is 0 Å². The van der Waals surface area contributed by atoms with Crippen molar-refractivity contribution in [3.8, 4) is 0 Å². The first-order valence-corrected chi connectivity index (χ1v) is 8.85. The molecule has 0 aromatic heterocycles. The smallest absolute Gasteiger partial charge is 0.314 e. The van der Waals surface area contributed by atoms with Crippen molar-refractivity contribution in [3.05, 3.63) is 0 Å². The highest BCUT2D eigenvalue weighted by Gasteiger charge is 2.02. The van der Waals surface area contributed by atoms with Gasteiger partial charge in [-0.25, -0.2) is 0 Å². The van der Waals surface area contributed by atoms with Crippen LogP contribution in [0.1, 0.15) is 84.5 Å². The van der Waals surface area contributed by atoms with Crippen molar-refractivity contribution in [2.24, 2.45) is 0 Å². The molecular formula is C15H30O2Si. The summed E-state index contributed by atoms with van der Waals surface area (Å²) >= 11 is 0. The minimum absolute atomic E-state index is 0.00438. The summed E-state index contributed by atoms with van der Waals surface area (Å²) in [7, 11) is 0.375. The van der Waals surface area contributed by atoms with E-state index in [2.05, 4.69) is 13.8 Å². The molecule has 0 spiro atoms. The van der Waals surface area contributed by atoms with E-state index in [1.54, 1.807) is 0 Å². The molecule has 0 amide bonds. The molecule has 3 heteroatoms. The number of hydrogen-bond donors (Lipinski definition) is 0. The molecule has 0 atom stereocenters. The van der Waals surface area contributed by atoms with Crippen LogP contribution in [0.15, 0.2) is 0 Å². The summed E-state index contributed by atoms with van der Waals surface area (Å²) in [5.74, 6) is 0.00438. The van der Waals surface area contributed by atoms with Crippen molar-refractivity contribution in [1.29, 1.82) is 0 Å². The molecule has 0 fully saturated rings. The topological polar surface area (TPSA) is 26.3 Å². The predicted molar refractivity (Wildman–Crippen MR) is 78.8 cm³/mol. The van der Waals surface area contributed by atoms with Gasteiger partial charge in [0.1, 0.15) is 0 Å². The fourth-order valence-corrected chi connectivity index (χ4v) is 2.43. The van der Waals surface area contributed by atoms with E-state index in [9.17, 15) is 4.79 Å². The Kier molecular flexibility index (Phi) is 14.5. The Labute approximate surface area is 116 Å². The molecule has 0 aliphatic heterocycles. The summed E-state index contributed by atoms with van der Waals surface area (Å²) in [4.78, 5) is 11.3. The van der Waals surface area contributed by atoms with Gasteiger partial charge in [-0.2, -0.15) is 0 Å². The molecule has 2 nitrogen and oxygen atoms in total. The van der Waals surface area contributed by atoms with Crippen LogP contribution >= 0.6 is 0 Å². The number of carbonyl (C=O) groups excluding carboxylic acids is 1. The van der Waals surface area contributed by atoms with Crippen molar-refractivity contribution in [3.63, 3.8) is 0 Å². The molecular weight excluding hydrogens is 240 g/mol. The molecule has 0 bridgehead atoms. The SMILES string of the molecule is CCCCCCCCCCCC(=O)O[Si]CCC. The van der Waals surface area contributed by atoms with Gasteiger partial charge in [0.05, 0.1) is 0 Å². The van der Waals surface area contributed by atoms with Gasteiger partial charge in [-0.1, -0.05) is 71.6 Å². The van der Waals surface area contributed by atoms with Crippen LogP contribution in [0.25, 0.3) is 0 Å². The molecule has 0 unspecified atom stereocenters. The Hall–Kier alpha value is -0.313. The quantitative estimate of drug-likeness (QED) is 0.351. The van der Waals surface area contributed by atoms with Crippen molar-refractivity contribution in [2.45, 2.75) is 90.5 Å². The lowest BCUT2D eigenvalue weighted by Crippen LogP contribution is -2.07. The highest BCUT2D eigenvalue weighted by atomic mass is 28.2. The summed E-state index contributed by atoms with van der Waals surface area (Å²) in [5, 5.41) is 0. The normalized spacial score (nSPS) is 10.6. The zero-order chi connectivity index (χ0) is 13.5. The highest BCUT2D eigenvalue weighted by Crippen LogP contribution is 2.10. The number of carbonyl (C=O) groups is 1. The van der Waals surface area contributed by atoms with Crippen LogP contribution in [0.5, 0.6) is 0 Å². The molecule has 0 heterocycles. The highest BCUT2D eigenvalue weighted by molar-refractivity contribution is 6.30. The van der Waals surface area contributed by atoms with Gasteiger partial charge in [-0.15, -0.1) is 0 Å². The van der Waals surface area contributed by atoms with E-state index in [0.717, 1.165) is 18.9 Å². The van der Waals surface area contributed by atoms with Gasteiger partial charge in [0.15, 0.2) is 0 Å². The van der Waals surface area contributed by atoms with Crippen molar-refractivity contribution in [2.75, 3.05) is 0 Å². The summed E-state index contributed by atoms with van der Waals surface area (Å²) < 4.78 is 5.14. The van der Waals surface area contributed by atoms with Gasteiger partial charge in [0, 0.05) is 6.42 Å². The maximum Gasteiger partial charge on any atom is 0.314 e. The second kappa shape index (κ2) is 14.7. The maximum atomic E-state index is 11.3. The largest absolute Gasteiger partial charge is 0.516 e. The van der Waals surface area contributed by atoms with Crippen LogP contribution in [-0.2, 0) is 9.22 Å². The Bertz CT molecular complexity index is 183. The number of rotatable bonds is 13. The molecule has 0 aliphatic carbocycles.